The fraction of sp³-hybridized carbons (Fsp3) is 0.208. The molecule has 2 aromatic heterocycles. The third-order valence-electron chi connectivity index (χ3n) is 5.62. The molecule has 1 amide bonds. The smallest absolute Gasteiger partial charge is 0.296 e. The molecule has 1 fully saturated rings. The number of carbonyl (C=O) groups is 2. The first-order valence-electron chi connectivity index (χ1n) is 10.0. The number of pyridine rings is 1. The Morgan fingerprint density at radius 2 is 2.10 bits per heavy atom. The van der Waals surface area contributed by atoms with Gasteiger partial charge < -0.3 is 19.2 Å². The van der Waals surface area contributed by atoms with Crippen LogP contribution < -0.4 is 4.74 Å². The molecule has 1 saturated heterocycles. The van der Waals surface area contributed by atoms with Gasteiger partial charge >= 0.3 is 0 Å². The molecule has 2 aliphatic heterocycles. The van der Waals surface area contributed by atoms with E-state index in [2.05, 4.69) is 4.98 Å². The summed E-state index contributed by atoms with van der Waals surface area (Å²) in [5.74, 6) is -0.324. The van der Waals surface area contributed by atoms with Gasteiger partial charge in [-0.15, -0.1) is 0 Å². The molecule has 2 atom stereocenters. The van der Waals surface area contributed by atoms with Gasteiger partial charge in [0, 0.05) is 24.4 Å². The molecule has 2 aliphatic rings. The van der Waals surface area contributed by atoms with E-state index in [-0.39, 0.29) is 24.0 Å². The van der Waals surface area contributed by atoms with E-state index in [1.807, 2.05) is 13.0 Å². The lowest BCUT2D eigenvalue weighted by molar-refractivity contribution is -0.140. The van der Waals surface area contributed by atoms with Crippen molar-refractivity contribution in [2.75, 3.05) is 0 Å². The first-order chi connectivity index (χ1) is 15.0. The summed E-state index contributed by atoms with van der Waals surface area (Å²) < 4.78 is 11.1. The van der Waals surface area contributed by atoms with Crippen molar-refractivity contribution < 1.29 is 23.8 Å². The second-order valence-electron chi connectivity index (χ2n) is 7.75. The SMILES string of the molecule is C[C@@H]1Cc2cc(C(O)=C3C(=O)C(=O)N(Cc4ccco4)[C@@H]3c3cccnc3)ccc2O1. The average molecular weight is 416 g/mol. The molecule has 1 N–H and O–H groups in total. The fourth-order valence-corrected chi connectivity index (χ4v) is 4.22. The summed E-state index contributed by atoms with van der Waals surface area (Å²) in [7, 11) is 0. The Balaban J connectivity index is 1.62. The summed E-state index contributed by atoms with van der Waals surface area (Å²) in [6.07, 6.45) is 5.50. The van der Waals surface area contributed by atoms with Crippen LogP contribution in [-0.4, -0.2) is 32.8 Å². The van der Waals surface area contributed by atoms with E-state index in [9.17, 15) is 14.7 Å². The number of carbonyl (C=O) groups excluding carboxylic acids is 2. The van der Waals surface area contributed by atoms with Crippen LogP contribution in [0.1, 0.15) is 35.4 Å². The van der Waals surface area contributed by atoms with Gasteiger partial charge in [0.15, 0.2) is 0 Å². The zero-order valence-electron chi connectivity index (χ0n) is 16.8. The Bertz CT molecular complexity index is 1180. The predicted molar refractivity (Wildman–Crippen MR) is 111 cm³/mol. The molecule has 7 nitrogen and oxygen atoms in total. The molecular weight excluding hydrogens is 396 g/mol. The first-order valence-corrected chi connectivity index (χ1v) is 10.0. The molecule has 156 valence electrons. The first kappa shape index (κ1) is 19.1. The lowest BCUT2D eigenvalue weighted by Gasteiger charge is -2.24. The number of aliphatic hydroxyl groups excluding tert-OH is 1. The number of fused-ring (bicyclic) bond motifs is 1. The second kappa shape index (κ2) is 7.43. The summed E-state index contributed by atoms with van der Waals surface area (Å²) in [5.41, 5.74) is 2.10. The van der Waals surface area contributed by atoms with Crippen LogP contribution in [0.3, 0.4) is 0 Å². The van der Waals surface area contributed by atoms with Crippen LogP contribution in [0.25, 0.3) is 5.76 Å². The van der Waals surface area contributed by atoms with Crippen molar-refractivity contribution in [3.63, 3.8) is 0 Å². The van der Waals surface area contributed by atoms with E-state index in [0.29, 0.717) is 16.9 Å². The van der Waals surface area contributed by atoms with Crippen molar-refractivity contribution in [2.24, 2.45) is 0 Å². The molecule has 3 aromatic rings. The number of furan rings is 1. The number of hydrogen-bond donors (Lipinski definition) is 1. The molecule has 0 saturated carbocycles. The standard InChI is InChI=1S/C24H20N2O5/c1-14-10-17-11-15(6-7-19(17)31-14)22(27)20-21(16-4-2-8-25-12-16)26(24(29)23(20)28)13-18-5-3-9-30-18/h2-9,11-12,14,21,27H,10,13H2,1H3/t14-,21-/m1/s1. The minimum Gasteiger partial charge on any atom is -0.507 e. The number of rotatable bonds is 4. The van der Waals surface area contributed by atoms with Gasteiger partial charge in [-0.25, -0.2) is 0 Å². The van der Waals surface area contributed by atoms with Crippen molar-refractivity contribution in [3.05, 3.63) is 89.1 Å². The third kappa shape index (κ3) is 3.28. The number of aromatic nitrogens is 1. The highest BCUT2D eigenvalue weighted by Gasteiger charge is 2.46. The van der Waals surface area contributed by atoms with Crippen molar-refractivity contribution in [2.45, 2.75) is 32.0 Å². The van der Waals surface area contributed by atoms with Crippen LogP contribution >= 0.6 is 0 Å². The average Bonchev–Trinajstić information content (AvgIpc) is 3.48. The number of aliphatic hydroxyl groups is 1. The number of benzene rings is 1. The van der Waals surface area contributed by atoms with E-state index in [1.54, 1.807) is 48.8 Å². The van der Waals surface area contributed by atoms with E-state index in [1.165, 1.54) is 11.2 Å². The Kier molecular flexibility index (Phi) is 4.58. The summed E-state index contributed by atoms with van der Waals surface area (Å²) in [6.45, 7) is 2.07. The maximum atomic E-state index is 13.0. The highest BCUT2D eigenvalue weighted by Crippen LogP contribution is 2.41. The van der Waals surface area contributed by atoms with E-state index < -0.39 is 17.7 Å². The predicted octanol–water partition coefficient (Wildman–Crippen LogP) is 3.62. The van der Waals surface area contributed by atoms with Crippen molar-refractivity contribution in [1.29, 1.82) is 0 Å². The van der Waals surface area contributed by atoms with Gasteiger partial charge in [0.05, 0.1) is 24.4 Å². The zero-order valence-corrected chi connectivity index (χ0v) is 16.8. The lowest BCUT2D eigenvalue weighted by Crippen LogP contribution is -2.29. The van der Waals surface area contributed by atoms with Crippen LogP contribution in [0.5, 0.6) is 5.75 Å². The number of ether oxygens (including phenoxy) is 1. The maximum Gasteiger partial charge on any atom is 0.296 e. The molecule has 0 radical (unpaired) electrons. The maximum absolute atomic E-state index is 13.0. The quantitative estimate of drug-likeness (QED) is 0.397. The largest absolute Gasteiger partial charge is 0.507 e. The molecule has 0 unspecified atom stereocenters. The second-order valence-corrected chi connectivity index (χ2v) is 7.75. The van der Waals surface area contributed by atoms with Crippen LogP contribution in [0.2, 0.25) is 0 Å². The molecule has 5 rings (SSSR count). The highest BCUT2D eigenvalue weighted by molar-refractivity contribution is 6.46. The number of ketones is 1. The topological polar surface area (TPSA) is 92.9 Å². The Morgan fingerprint density at radius 1 is 1.23 bits per heavy atom. The van der Waals surface area contributed by atoms with Crippen LogP contribution in [0.15, 0.2) is 71.1 Å². The zero-order chi connectivity index (χ0) is 21.5. The Morgan fingerprint density at radius 3 is 2.84 bits per heavy atom. The number of Topliss-reactive ketones (excluding diaryl/α,β-unsaturated/α-hetero) is 1. The number of amides is 1. The minimum atomic E-state index is -0.776. The lowest BCUT2D eigenvalue weighted by atomic mass is 9.95. The summed E-state index contributed by atoms with van der Waals surface area (Å²) in [5, 5.41) is 11.2. The van der Waals surface area contributed by atoms with E-state index >= 15 is 0 Å². The molecule has 1 aromatic carbocycles. The number of nitrogens with zero attached hydrogens (tertiary/aromatic N) is 2. The van der Waals surface area contributed by atoms with Gasteiger partial charge in [0.25, 0.3) is 11.7 Å². The van der Waals surface area contributed by atoms with Gasteiger partial charge in [-0.3, -0.25) is 14.6 Å². The van der Waals surface area contributed by atoms with E-state index in [0.717, 1.165) is 17.7 Å². The van der Waals surface area contributed by atoms with Gasteiger partial charge in [-0.05, 0) is 54.4 Å². The normalized spacial score (nSPS) is 21.9. The summed E-state index contributed by atoms with van der Waals surface area (Å²) in [4.78, 5) is 31.5. The van der Waals surface area contributed by atoms with Crippen LogP contribution in [0.4, 0.5) is 0 Å². The van der Waals surface area contributed by atoms with E-state index in [4.69, 9.17) is 9.15 Å². The minimum absolute atomic E-state index is 0.0384. The molecule has 0 bridgehead atoms. The molecule has 4 heterocycles. The highest BCUT2D eigenvalue weighted by atomic mass is 16.5. The van der Waals surface area contributed by atoms with Crippen LogP contribution in [-0.2, 0) is 22.6 Å². The van der Waals surface area contributed by atoms with Crippen LogP contribution in [0, 0.1) is 0 Å². The summed E-state index contributed by atoms with van der Waals surface area (Å²) >= 11 is 0. The van der Waals surface area contributed by atoms with Gasteiger partial charge in [0.1, 0.15) is 23.4 Å². The van der Waals surface area contributed by atoms with Gasteiger partial charge in [-0.1, -0.05) is 6.07 Å². The summed E-state index contributed by atoms with van der Waals surface area (Å²) in [6, 6.07) is 11.5. The number of hydrogen-bond acceptors (Lipinski definition) is 6. The Labute approximate surface area is 178 Å². The molecular formula is C24H20N2O5. The van der Waals surface area contributed by atoms with Gasteiger partial charge in [-0.2, -0.15) is 0 Å². The molecule has 31 heavy (non-hydrogen) atoms. The molecule has 0 aliphatic carbocycles. The number of likely N-dealkylation sites (tertiary alicyclic amines) is 1. The third-order valence-corrected chi connectivity index (χ3v) is 5.62. The molecule has 0 spiro atoms. The van der Waals surface area contributed by atoms with Gasteiger partial charge in [0.2, 0.25) is 0 Å². The Hall–Kier alpha value is -3.87. The fourth-order valence-electron chi connectivity index (χ4n) is 4.22. The van der Waals surface area contributed by atoms with Crippen molar-refractivity contribution in [1.82, 2.24) is 9.88 Å². The monoisotopic (exact) mass is 416 g/mol. The van der Waals surface area contributed by atoms with Crippen molar-refractivity contribution >= 4 is 17.4 Å². The molecule has 7 heteroatoms. The van der Waals surface area contributed by atoms with Crippen molar-refractivity contribution in [3.8, 4) is 5.75 Å².